The number of halogens is 2. The molecule has 0 unspecified atom stereocenters. The summed E-state index contributed by atoms with van der Waals surface area (Å²) in [6.45, 7) is 1.42. The fraction of sp³-hybridized carbons (Fsp3) is 0.200. The first-order valence-corrected chi connectivity index (χ1v) is 5.09. The predicted octanol–water partition coefficient (Wildman–Crippen LogP) is 2.27. The highest BCUT2D eigenvalue weighted by Gasteiger charge is 2.20. The zero-order chi connectivity index (χ0) is 12.3. The van der Waals surface area contributed by atoms with Crippen LogP contribution in [0.3, 0.4) is 0 Å². The summed E-state index contributed by atoms with van der Waals surface area (Å²) in [6, 6.07) is 5.44. The van der Waals surface area contributed by atoms with Crippen LogP contribution >= 0.6 is 23.2 Å². The second-order valence-corrected chi connectivity index (χ2v) is 4.93. The molecule has 0 heterocycles. The second kappa shape index (κ2) is 4.72. The molecular formula is C10H9Cl2NO3. The van der Waals surface area contributed by atoms with Crippen molar-refractivity contribution in [1.82, 2.24) is 5.32 Å². The van der Waals surface area contributed by atoms with E-state index < -0.39 is 16.3 Å². The number of benzene rings is 1. The van der Waals surface area contributed by atoms with Crippen molar-refractivity contribution in [2.45, 2.75) is 11.4 Å². The largest absolute Gasteiger partial charge is 0.478 e. The van der Waals surface area contributed by atoms with Gasteiger partial charge in [-0.05, 0) is 31.2 Å². The Morgan fingerprint density at radius 1 is 1.19 bits per heavy atom. The monoisotopic (exact) mass is 261 g/mol. The molecule has 0 atom stereocenters. The number of nitrogens with one attached hydrogen (secondary N) is 1. The molecule has 1 aromatic rings. The fourth-order valence-electron chi connectivity index (χ4n) is 1.04. The number of carboxylic acids is 1. The molecule has 0 aliphatic heterocycles. The maximum atomic E-state index is 11.5. The van der Waals surface area contributed by atoms with Crippen molar-refractivity contribution in [2.24, 2.45) is 0 Å². The van der Waals surface area contributed by atoms with Crippen molar-refractivity contribution in [3.05, 3.63) is 35.4 Å². The summed E-state index contributed by atoms with van der Waals surface area (Å²) in [6.07, 6.45) is 0. The third-order valence-electron chi connectivity index (χ3n) is 1.73. The van der Waals surface area contributed by atoms with Gasteiger partial charge in [-0.3, -0.25) is 4.79 Å². The maximum absolute atomic E-state index is 11.5. The highest BCUT2D eigenvalue weighted by molar-refractivity contribution is 6.48. The molecule has 0 saturated carbocycles. The van der Waals surface area contributed by atoms with E-state index in [1.54, 1.807) is 0 Å². The number of hydrogen-bond donors (Lipinski definition) is 2. The van der Waals surface area contributed by atoms with Gasteiger partial charge in [0, 0.05) is 5.56 Å². The summed E-state index contributed by atoms with van der Waals surface area (Å²) in [5.41, 5.74) is 0.397. The van der Waals surface area contributed by atoms with Gasteiger partial charge < -0.3 is 10.4 Å². The number of carbonyl (C=O) groups excluding carboxylic acids is 1. The quantitative estimate of drug-likeness (QED) is 0.648. The highest BCUT2D eigenvalue weighted by Crippen LogP contribution is 2.16. The number of carboxylic acid groups (broad SMARTS) is 1. The van der Waals surface area contributed by atoms with Crippen LogP contribution in [0.5, 0.6) is 0 Å². The molecule has 0 bridgehead atoms. The summed E-state index contributed by atoms with van der Waals surface area (Å²) in [5, 5.41) is 11.0. The van der Waals surface area contributed by atoms with Gasteiger partial charge in [0.1, 0.15) is 0 Å². The molecule has 0 aromatic heterocycles. The van der Waals surface area contributed by atoms with Gasteiger partial charge in [-0.1, -0.05) is 23.2 Å². The minimum Gasteiger partial charge on any atom is -0.478 e. The first-order chi connectivity index (χ1) is 7.29. The zero-order valence-corrected chi connectivity index (χ0v) is 9.84. The van der Waals surface area contributed by atoms with Crippen molar-refractivity contribution in [1.29, 1.82) is 0 Å². The van der Waals surface area contributed by atoms with Crippen molar-refractivity contribution in [3.63, 3.8) is 0 Å². The van der Waals surface area contributed by atoms with E-state index in [2.05, 4.69) is 5.32 Å². The Labute approximate surface area is 102 Å². The summed E-state index contributed by atoms with van der Waals surface area (Å²) in [4.78, 5) is 22.1. The van der Waals surface area contributed by atoms with Gasteiger partial charge in [0.15, 0.2) is 4.46 Å². The lowest BCUT2D eigenvalue weighted by atomic mass is 10.1. The Hall–Kier alpha value is -1.26. The van der Waals surface area contributed by atoms with Crippen LogP contribution in [0, 0.1) is 0 Å². The minimum atomic E-state index is -1.36. The SMILES string of the molecule is CC(Cl)(Cl)NC(=O)c1ccc(C(=O)O)cc1. The predicted molar refractivity (Wildman–Crippen MR) is 61.0 cm³/mol. The smallest absolute Gasteiger partial charge is 0.335 e. The lowest BCUT2D eigenvalue weighted by molar-refractivity contribution is 0.0696. The molecule has 0 radical (unpaired) electrons. The summed E-state index contributed by atoms with van der Waals surface area (Å²) >= 11 is 11.2. The molecule has 16 heavy (non-hydrogen) atoms. The molecule has 1 amide bonds. The minimum absolute atomic E-state index is 0.107. The van der Waals surface area contributed by atoms with Crippen LogP contribution in [0.15, 0.2) is 24.3 Å². The van der Waals surface area contributed by atoms with E-state index in [1.807, 2.05) is 0 Å². The van der Waals surface area contributed by atoms with E-state index in [0.29, 0.717) is 0 Å². The number of aromatic carboxylic acids is 1. The average molecular weight is 262 g/mol. The van der Waals surface area contributed by atoms with E-state index in [-0.39, 0.29) is 11.1 Å². The molecular weight excluding hydrogens is 253 g/mol. The fourth-order valence-corrected chi connectivity index (χ4v) is 1.21. The Bertz CT molecular complexity index is 409. The van der Waals surface area contributed by atoms with Crippen LogP contribution in [0.4, 0.5) is 0 Å². The number of carbonyl (C=O) groups is 2. The summed E-state index contributed by atoms with van der Waals surface area (Å²) < 4.78 is -1.36. The zero-order valence-electron chi connectivity index (χ0n) is 8.33. The second-order valence-electron chi connectivity index (χ2n) is 3.23. The normalized spacial score (nSPS) is 10.9. The molecule has 0 fully saturated rings. The Morgan fingerprint density at radius 3 is 2.00 bits per heavy atom. The number of hydrogen-bond acceptors (Lipinski definition) is 2. The Kier molecular flexibility index (Phi) is 3.78. The topological polar surface area (TPSA) is 66.4 Å². The third-order valence-corrected chi connectivity index (χ3v) is 1.92. The summed E-state index contributed by atoms with van der Waals surface area (Å²) in [5.74, 6) is -1.52. The Morgan fingerprint density at radius 2 is 1.62 bits per heavy atom. The number of rotatable bonds is 3. The van der Waals surface area contributed by atoms with E-state index in [1.165, 1.54) is 31.2 Å². The van der Waals surface area contributed by atoms with Crippen LogP contribution in [0.2, 0.25) is 0 Å². The van der Waals surface area contributed by atoms with E-state index >= 15 is 0 Å². The lowest BCUT2D eigenvalue weighted by Crippen LogP contribution is -2.36. The molecule has 86 valence electrons. The van der Waals surface area contributed by atoms with Crippen LogP contribution < -0.4 is 5.32 Å². The molecule has 0 saturated heterocycles. The van der Waals surface area contributed by atoms with Gasteiger partial charge in [0.05, 0.1) is 5.56 Å². The van der Waals surface area contributed by atoms with Gasteiger partial charge in [-0.25, -0.2) is 4.79 Å². The van der Waals surface area contributed by atoms with Gasteiger partial charge in [0.2, 0.25) is 0 Å². The number of alkyl halides is 2. The molecule has 0 spiro atoms. The highest BCUT2D eigenvalue weighted by atomic mass is 35.5. The first-order valence-electron chi connectivity index (χ1n) is 4.33. The van der Waals surface area contributed by atoms with E-state index in [0.717, 1.165) is 0 Å². The van der Waals surface area contributed by atoms with Crippen molar-refractivity contribution >= 4 is 35.1 Å². The van der Waals surface area contributed by atoms with Gasteiger partial charge >= 0.3 is 5.97 Å². The van der Waals surface area contributed by atoms with Gasteiger partial charge in [0.25, 0.3) is 5.91 Å². The van der Waals surface area contributed by atoms with Gasteiger partial charge in [-0.2, -0.15) is 0 Å². The maximum Gasteiger partial charge on any atom is 0.335 e. The van der Waals surface area contributed by atoms with Crippen molar-refractivity contribution in [2.75, 3.05) is 0 Å². The third kappa shape index (κ3) is 3.72. The molecule has 0 aliphatic rings. The summed E-state index contributed by atoms with van der Waals surface area (Å²) in [7, 11) is 0. The first kappa shape index (κ1) is 12.8. The number of amides is 1. The molecule has 0 aliphatic carbocycles. The van der Waals surface area contributed by atoms with E-state index in [9.17, 15) is 9.59 Å². The average Bonchev–Trinajstić information content (AvgIpc) is 2.15. The molecule has 4 nitrogen and oxygen atoms in total. The van der Waals surface area contributed by atoms with Crippen LogP contribution in [-0.2, 0) is 0 Å². The lowest BCUT2D eigenvalue weighted by Gasteiger charge is -2.15. The molecule has 6 heteroatoms. The van der Waals surface area contributed by atoms with E-state index in [4.69, 9.17) is 28.3 Å². The Balaban J connectivity index is 2.82. The molecule has 1 aromatic carbocycles. The molecule has 2 N–H and O–H groups in total. The molecule has 1 rings (SSSR count). The van der Waals surface area contributed by atoms with Crippen LogP contribution in [-0.4, -0.2) is 21.4 Å². The standard InChI is InChI=1S/C10H9Cl2NO3/c1-10(11,12)13-8(14)6-2-4-7(5-3-6)9(15)16/h2-5H,1H3,(H,13,14)(H,15,16). The van der Waals surface area contributed by atoms with Crippen LogP contribution in [0.25, 0.3) is 0 Å². The van der Waals surface area contributed by atoms with Crippen molar-refractivity contribution in [3.8, 4) is 0 Å². The van der Waals surface area contributed by atoms with Crippen molar-refractivity contribution < 1.29 is 14.7 Å². The van der Waals surface area contributed by atoms with Gasteiger partial charge in [-0.15, -0.1) is 0 Å². The van der Waals surface area contributed by atoms with Crippen LogP contribution in [0.1, 0.15) is 27.6 Å².